The lowest BCUT2D eigenvalue weighted by atomic mass is 9.63. The highest BCUT2D eigenvalue weighted by molar-refractivity contribution is 5.85. The molecule has 0 N–H and O–H groups in total. The van der Waals surface area contributed by atoms with E-state index in [0.29, 0.717) is 23.7 Å². The highest BCUT2D eigenvalue weighted by Crippen LogP contribution is 2.48. The molecule has 0 radical (unpaired) electrons. The van der Waals surface area contributed by atoms with Gasteiger partial charge < -0.3 is 4.74 Å². The van der Waals surface area contributed by atoms with Crippen LogP contribution in [0.2, 0.25) is 0 Å². The maximum absolute atomic E-state index is 14.8. The van der Waals surface area contributed by atoms with Crippen LogP contribution in [0.5, 0.6) is 5.75 Å². The fourth-order valence-corrected chi connectivity index (χ4v) is 5.85. The van der Waals surface area contributed by atoms with E-state index in [1.54, 1.807) is 6.07 Å². The van der Waals surface area contributed by atoms with Crippen LogP contribution in [0.15, 0.2) is 42.5 Å². The van der Waals surface area contributed by atoms with Gasteiger partial charge in [-0.05, 0) is 79.7 Å². The first-order valence-electron chi connectivity index (χ1n) is 11.7. The molecule has 156 valence electrons. The summed E-state index contributed by atoms with van der Waals surface area (Å²) in [5, 5.41) is 1.66. The van der Waals surface area contributed by atoms with Crippen molar-refractivity contribution in [2.24, 2.45) is 17.8 Å². The Labute approximate surface area is 175 Å². The number of fused-ring (bicyclic) bond motifs is 2. The monoisotopic (exact) mass is 394 g/mol. The van der Waals surface area contributed by atoms with E-state index in [1.807, 2.05) is 31.2 Å². The fraction of sp³-hybridized carbons (Fsp3) is 0.556. The molecule has 2 aromatic carbocycles. The lowest BCUT2D eigenvalue weighted by Gasteiger charge is -2.42. The maximum atomic E-state index is 14.8. The summed E-state index contributed by atoms with van der Waals surface area (Å²) in [7, 11) is 0. The van der Waals surface area contributed by atoms with Crippen molar-refractivity contribution in [1.29, 1.82) is 0 Å². The second-order valence-corrected chi connectivity index (χ2v) is 9.24. The molecule has 2 aliphatic carbocycles. The number of benzene rings is 2. The summed E-state index contributed by atoms with van der Waals surface area (Å²) in [5.74, 6) is 3.56. The Morgan fingerprint density at radius 1 is 1.03 bits per heavy atom. The molecule has 1 nitrogen and oxygen atoms in total. The molecule has 0 heterocycles. The summed E-state index contributed by atoms with van der Waals surface area (Å²) < 4.78 is 20.4. The van der Waals surface area contributed by atoms with Crippen molar-refractivity contribution in [3.63, 3.8) is 0 Å². The molecule has 2 heteroatoms. The van der Waals surface area contributed by atoms with Crippen molar-refractivity contribution in [3.05, 3.63) is 53.9 Å². The molecule has 4 atom stereocenters. The van der Waals surface area contributed by atoms with Gasteiger partial charge in [0.2, 0.25) is 0 Å². The van der Waals surface area contributed by atoms with Crippen molar-refractivity contribution in [2.45, 2.75) is 71.1 Å². The Bertz CT molecular complexity index is 855. The van der Waals surface area contributed by atoms with E-state index < -0.39 is 0 Å². The van der Waals surface area contributed by atoms with Crippen LogP contribution in [-0.4, -0.2) is 6.61 Å². The molecule has 4 unspecified atom stereocenters. The van der Waals surface area contributed by atoms with Gasteiger partial charge in [0.25, 0.3) is 0 Å². The van der Waals surface area contributed by atoms with Crippen LogP contribution >= 0.6 is 0 Å². The average molecular weight is 395 g/mol. The topological polar surface area (TPSA) is 9.23 Å². The van der Waals surface area contributed by atoms with Gasteiger partial charge >= 0.3 is 0 Å². The smallest absolute Gasteiger partial charge is 0.172 e. The molecule has 2 saturated carbocycles. The summed E-state index contributed by atoms with van der Waals surface area (Å²) in [6.45, 7) is 4.66. The predicted octanol–water partition coefficient (Wildman–Crippen LogP) is 8.03. The molecule has 0 amide bonds. The van der Waals surface area contributed by atoms with Gasteiger partial charge in [0.05, 0.1) is 0 Å². The van der Waals surface area contributed by atoms with Crippen LogP contribution < -0.4 is 4.74 Å². The largest absolute Gasteiger partial charge is 0.486 e. The van der Waals surface area contributed by atoms with Crippen LogP contribution in [0.25, 0.3) is 10.8 Å². The SMILES string of the molecule is CC=CCOc1ccc2cc(C3CCC4CC(CCC)CCC4C3)ccc2c1F. The van der Waals surface area contributed by atoms with Crippen molar-refractivity contribution >= 4 is 10.8 Å². The Morgan fingerprint density at radius 3 is 2.69 bits per heavy atom. The molecule has 0 aromatic heterocycles. The number of ether oxygens (including phenoxy) is 1. The van der Waals surface area contributed by atoms with Gasteiger partial charge in [0.1, 0.15) is 6.61 Å². The highest BCUT2D eigenvalue weighted by atomic mass is 19.1. The second-order valence-electron chi connectivity index (χ2n) is 9.24. The van der Waals surface area contributed by atoms with Crippen LogP contribution in [0.1, 0.15) is 76.7 Å². The first kappa shape index (κ1) is 20.4. The molecular formula is C27H35FO. The third-order valence-electron chi connectivity index (χ3n) is 7.40. The number of hydrogen-bond acceptors (Lipinski definition) is 1. The van der Waals surface area contributed by atoms with Gasteiger partial charge in [0.15, 0.2) is 11.6 Å². The van der Waals surface area contributed by atoms with E-state index >= 15 is 0 Å². The number of halogens is 1. The van der Waals surface area contributed by atoms with Crippen LogP contribution in [0.4, 0.5) is 4.39 Å². The van der Waals surface area contributed by atoms with Gasteiger partial charge in [-0.1, -0.05) is 62.6 Å². The fourth-order valence-electron chi connectivity index (χ4n) is 5.85. The van der Waals surface area contributed by atoms with E-state index in [-0.39, 0.29) is 5.82 Å². The predicted molar refractivity (Wildman–Crippen MR) is 120 cm³/mol. The molecule has 0 spiro atoms. The van der Waals surface area contributed by atoms with E-state index in [1.165, 1.54) is 56.9 Å². The first-order valence-corrected chi connectivity index (χ1v) is 11.7. The van der Waals surface area contributed by atoms with E-state index in [0.717, 1.165) is 23.1 Å². The summed E-state index contributed by atoms with van der Waals surface area (Å²) in [6, 6.07) is 10.1. The summed E-state index contributed by atoms with van der Waals surface area (Å²) in [4.78, 5) is 0. The third kappa shape index (κ3) is 4.52. The molecular weight excluding hydrogens is 359 g/mol. The number of rotatable bonds is 6. The van der Waals surface area contributed by atoms with Crippen LogP contribution in [0.3, 0.4) is 0 Å². The second kappa shape index (κ2) is 9.32. The zero-order valence-corrected chi connectivity index (χ0v) is 18.0. The van der Waals surface area contributed by atoms with Gasteiger partial charge in [-0.3, -0.25) is 0 Å². The number of hydrogen-bond donors (Lipinski definition) is 0. The van der Waals surface area contributed by atoms with Gasteiger partial charge in [0, 0.05) is 5.39 Å². The Morgan fingerprint density at radius 2 is 1.86 bits per heavy atom. The quantitative estimate of drug-likeness (QED) is 0.450. The van der Waals surface area contributed by atoms with E-state index in [2.05, 4.69) is 19.1 Å². The minimum atomic E-state index is -0.239. The summed E-state index contributed by atoms with van der Waals surface area (Å²) in [6.07, 6.45) is 14.9. The van der Waals surface area contributed by atoms with Crippen LogP contribution in [-0.2, 0) is 0 Å². The molecule has 2 aromatic rings. The van der Waals surface area contributed by atoms with Gasteiger partial charge in [-0.15, -0.1) is 0 Å². The van der Waals surface area contributed by atoms with Crippen LogP contribution in [0, 0.1) is 23.6 Å². The zero-order chi connectivity index (χ0) is 20.2. The minimum absolute atomic E-state index is 0.239. The van der Waals surface area contributed by atoms with Crippen molar-refractivity contribution in [3.8, 4) is 5.75 Å². The van der Waals surface area contributed by atoms with Crippen molar-refractivity contribution in [2.75, 3.05) is 6.61 Å². The first-order chi connectivity index (χ1) is 14.2. The molecule has 0 saturated heterocycles. The summed E-state index contributed by atoms with van der Waals surface area (Å²) in [5.41, 5.74) is 1.40. The molecule has 4 rings (SSSR count). The molecule has 0 bridgehead atoms. The van der Waals surface area contributed by atoms with Crippen molar-refractivity contribution < 1.29 is 9.13 Å². The lowest BCUT2D eigenvalue weighted by Crippen LogP contribution is -2.30. The normalized spacial score (nSPS) is 27.3. The summed E-state index contributed by atoms with van der Waals surface area (Å²) >= 11 is 0. The highest BCUT2D eigenvalue weighted by Gasteiger charge is 2.35. The van der Waals surface area contributed by atoms with E-state index in [9.17, 15) is 4.39 Å². The van der Waals surface area contributed by atoms with Gasteiger partial charge in [-0.2, -0.15) is 0 Å². The third-order valence-corrected chi connectivity index (χ3v) is 7.40. The number of allylic oxidation sites excluding steroid dienone is 1. The average Bonchev–Trinajstić information content (AvgIpc) is 2.75. The Kier molecular flexibility index (Phi) is 6.57. The minimum Gasteiger partial charge on any atom is -0.486 e. The van der Waals surface area contributed by atoms with Gasteiger partial charge in [-0.25, -0.2) is 4.39 Å². The Balaban J connectivity index is 1.47. The van der Waals surface area contributed by atoms with Crippen molar-refractivity contribution in [1.82, 2.24) is 0 Å². The van der Waals surface area contributed by atoms with E-state index in [4.69, 9.17) is 4.74 Å². The molecule has 2 aliphatic rings. The molecule has 0 aliphatic heterocycles. The maximum Gasteiger partial charge on any atom is 0.172 e. The Hall–Kier alpha value is -1.83. The lowest BCUT2D eigenvalue weighted by molar-refractivity contribution is 0.114. The molecule has 2 fully saturated rings. The zero-order valence-electron chi connectivity index (χ0n) is 18.0. The standard InChI is InChI=1S/C27H35FO/c1-3-5-15-29-26-14-12-24-18-23(11-13-25(24)27(26)28)22-10-9-20-16-19(6-4-2)7-8-21(20)17-22/h3,5,11-14,18-22H,4,6-10,15-17H2,1-2H3. The molecule has 29 heavy (non-hydrogen) atoms.